The molecular formula is C12H23N3O. The summed E-state index contributed by atoms with van der Waals surface area (Å²) in [4.78, 5) is 0. The maximum Gasteiger partial charge on any atom is 0.210 e. The van der Waals surface area contributed by atoms with Crippen LogP contribution in [0.25, 0.3) is 0 Å². The van der Waals surface area contributed by atoms with E-state index in [0.717, 1.165) is 5.57 Å². The Balaban J connectivity index is 2.28. The van der Waals surface area contributed by atoms with Gasteiger partial charge in [0.1, 0.15) is 6.61 Å². The minimum absolute atomic E-state index is 0.216. The lowest BCUT2D eigenvalue weighted by Gasteiger charge is -2.22. The largest absolute Gasteiger partial charge is 0.476 e. The zero-order valence-electron chi connectivity index (χ0n) is 10.1. The number of rotatable bonds is 5. The van der Waals surface area contributed by atoms with Crippen molar-refractivity contribution in [3.63, 3.8) is 0 Å². The first-order valence-corrected chi connectivity index (χ1v) is 6.08. The van der Waals surface area contributed by atoms with Crippen molar-refractivity contribution in [2.75, 3.05) is 13.2 Å². The molecule has 0 amide bonds. The molecule has 1 fully saturated rings. The van der Waals surface area contributed by atoms with E-state index >= 15 is 0 Å². The normalized spacial score (nSPS) is 18.2. The van der Waals surface area contributed by atoms with Crippen molar-refractivity contribution in [1.29, 1.82) is 5.41 Å². The van der Waals surface area contributed by atoms with Crippen LogP contribution in [-0.4, -0.2) is 25.1 Å². The van der Waals surface area contributed by atoms with Crippen LogP contribution >= 0.6 is 0 Å². The monoisotopic (exact) mass is 225 g/mol. The zero-order valence-corrected chi connectivity index (χ0v) is 10.1. The molecule has 0 bridgehead atoms. The highest BCUT2D eigenvalue weighted by Crippen LogP contribution is 2.17. The van der Waals surface area contributed by atoms with Crippen LogP contribution in [0.3, 0.4) is 0 Å². The second-order valence-corrected chi connectivity index (χ2v) is 4.30. The molecule has 0 unspecified atom stereocenters. The summed E-state index contributed by atoms with van der Waals surface area (Å²) in [5.41, 5.74) is 6.14. The van der Waals surface area contributed by atoms with E-state index in [4.69, 9.17) is 15.9 Å². The van der Waals surface area contributed by atoms with Gasteiger partial charge < -0.3 is 15.8 Å². The molecule has 0 aromatic heterocycles. The number of nitrogens with one attached hydrogen (secondary N) is 2. The Kier molecular flexibility index (Phi) is 5.93. The fraction of sp³-hybridized carbons (Fsp3) is 0.750. The van der Waals surface area contributed by atoms with E-state index in [1.54, 1.807) is 0 Å². The van der Waals surface area contributed by atoms with Gasteiger partial charge in [-0.05, 0) is 19.8 Å². The Morgan fingerprint density at radius 3 is 2.75 bits per heavy atom. The molecule has 4 N–H and O–H groups in total. The Labute approximate surface area is 97.7 Å². The van der Waals surface area contributed by atoms with Crippen molar-refractivity contribution in [2.45, 2.75) is 45.1 Å². The summed E-state index contributed by atoms with van der Waals surface area (Å²) < 4.78 is 5.14. The maximum atomic E-state index is 7.63. The van der Waals surface area contributed by atoms with Gasteiger partial charge in [0.25, 0.3) is 0 Å². The van der Waals surface area contributed by atoms with Crippen molar-refractivity contribution in [2.24, 2.45) is 5.73 Å². The van der Waals surface area contributed by atoms with Gasteiger partial charge in [0.15, 0.2) is 0 Å². The lowest BCUT2D eigenvalue weighted by Crippen LogP contribution is -2.27. The summed E-state index contributed by atoms with van der Waals surface area (Å²) in [6.07, 6.45) is 8.35. The molecular weight excluding hydrogens is 202 g/mol. The zero-order chi connectivity index (χ0) is 11.8. The Bertz CT molecular complexity index is 245. The Hall–Kier alpha value is -1.03. The molecule has 1 aliphatic carbocycles. The quantitative estimate of drug-likeness (QED) is 0.493. The fourth-order valence-electron chi connectivity index (χ4n) is 1.85. The SMILES string of the molecule is C/C(=C/NC1CCCCC1)C(=N)OCCN. The molecule has 4 nitrogen and oxygen atoms in total. The second kappa shape index (κ2) is 7.28. The molecule has 0 spiro atoms. The van der Waals surface area contributed by atoms with Crippen LogP contribution in [0.5, 0.6) is 0 Å². The average molecular weight is 225 g/mol. The Morgan fingerprint density at radius 2 is 2.12 bits per heavy atom. The molecule has 0 atom stereocenters. The number of nitrogens with two attached hydrogens (primary N) is 1. The molecule has 4 heteroatoms. The number of hydrogen-bond donors (Lipinski definition) is 3. The molecule has 0 aromatic rings. The summed E-state index contributed by atoms with van der Waals surface area (Å²) in [6, 6.07) is 0.575. The van der Waals surface area contributed by atoms with Crippen LogP contribution in [-0.2, 0) is 4.74 Å². The third-order valence-corrected chi connectivity index (χ3v) is 2.86. The van der Waals surface area contributed by atoms with Gasteiger partial charge in [0.2, 0.25) is 5.90 Å². The van der Waals surface area contributed by atoms with E-state index in [-0.39, 0.29) is 5.90 Å². The molecule has 1 aliphatic rings. The lowest BCUT2D eigenvalue weighted by atomic mass is 9.96. The highest BCUT2D eigenvalue weighted by Gasteiger charge is 2.11. The Morgan fingerprint density at radius 1 is 1.44 bits per heavy atom. The summed E-state index contributed by atoms with van der Waals surface area (Å²) in [5.74, 6) is 0.216. The van der Waals surface area contributed by atoms with Crippen LogP contribution in [0, 0.1) is 5.41 Å². The van der Waals surface area contributed by atoms with Crippen molar-refractivity contribution < 1.29 is 4.74 Å². The third-order valence-electron chi connectivity index (χ3n) is 2.86. The van der Waals surface area contributed by atoms with E-state index in [1.165, 1.54) is 32.1 Å². The average Bonchev–Trinajstić information content (AvgIpc) is 2.34. The van der Waals surface area contributed by atoms with E-state index < -0.39 is 0 Å². The second-order valence-electron chi connectivity index (χ2n) is 4.30. The summed E-state index contributed by atoms with van der Waals surface area (Å²) >= 11 is 0. The van der Waals surface area contributed by atoms with Crippen LogP contribution in [0.1, 0.15) is 39.0 Å². The van der Waals surface area contributed by atoms with Gasteiger partial charge in [-0.3, -0.25) is 5.41 Å². The van der Waals surface area contributed by atoms with Crippen molar-refractivity contribution >= 4 is 5.90 Å². The first-order chi connectivity index (χ1) is 7.74. The minimum atomic E-state index is 0.216. The van der Waals surface area contributed by atoms with Gasteiger partial charge in [0.05, 0.1) is 0 Å². The van der Waals surface area contributed by atoms with E-state index in [0.29, 0.717) is 19.2 Å². The van der Waals surface area contributed by atoms with Crippen molar-refractivity contribution in [1.82, 2.24) is 5.32 Å². The lowest BCUT2D eigenvalue weighted by molar-refractivity contribution is 0.312. The van der Waals surface area contributed by atoms with Crippen LogP contribution < -0.4 is 11.1 Å². The minimum Gasteiger partial charge on any atom is -0.476 e. The maximum absolute atomic E-state index is 7.63. The summed E-state index contributed by atoms with van der Waals surface area (Å²) in [7, 11) is 0. The molecule has 0 aromatic carbocycles. The molecule has 92 valence electrons. The highest BCUT2D eigenvalue weighted by molar-refractivity contribution is 5.90. The molecule has 1 rings (SSSR count). The van der Waals surface area contributed by atoms with E-state index in [9.17, 15) is 0 Å². The standard InChI is InChI=1S/C12H23N3O/c1-10(12(14)16-8-7-13)9-15-11-5-3-2-4-6-11/h9,11,14-15H,2-8,13H2,1H3/b10-9-,14-12?. The van der Waals surface area contributed by atoms with Crippen LogP contribution in [0.2, 0.25) is 0 Å². The summed E-state index contributed by atoms with van der Waals surface area (Å²) in [5, 5.41) is 11.0. The molecule has 0 aliphatic heterocycles. The first kappa shape index (κ1) is 13.0. The van der Waals surface area contributed by atoms with Gasteiger partial charge >= 0.3 is 0 Å². The summed E-state index contributed by atoms with van der Waals surface area (Å²) in [6.45, 7) is 2.74. The topological polar surface area (TPSA) is 71.1 Å². The van der Waals surface area contributed by atoms with E-state index in [1.807, 2.05) is 13.1 Å². The predicted molar refractivity (Wildman–Crippen MR) is 66.5 cm³/mol. The van der Waals surface area contributed by atoms with Crippen LogP contribution in [0.15, 0.2) is 11.8 Å². The van der Waals surface area contributed by atoms with Gasteiger partial charge in [-0.2, -0.15) is 0 Å². The first-order valence-electron chi connectivity index (χ1n) is 6.08. The number of hydrogen-bond acceptors (Lipinski definition) is 4. The fourth-order valence-corrected chi connectivity index (χ4v) is 1.85. The third kappa shape index (κ3) is 4.66. The van der Waals surface area contributed by atoms with E-state index in [2.05, 4.69) is 5.32 Å². The predicted octanol–water partition coefficient (Wildman–Crippen LogP) is 1.77. The van der Waals surface area contributed by atoms with Crippen molar-refractivity contribution in [3.05, 3.63) is 11.8 Å². The van der Waals surface area contributed by atoms with Gasteiger partial charge in [-0.15, -0.1) is 0 Å². The van der Waals surface area contributed by atoms with Crippen LogP contribution in [0.4, 0.5) is 0 Å². The van der Waals surface area contributed by atoms with Crippen molar-refractivity contribution in [3.8, 4) is 0 Å². The molecule has 16 heavy (non-hydrogen) atoms. The number of ether oxygens (including phenoxy) is 1. The van der Waals surface area contributed by atoms with Gasteiger partial charge in [-0.25, -0.2) is 0 Å². The molecule has 0 heterocycles. The van der Waals surface area contributed by atoms with Gasteiger partial charge in [0, 0.05) is 24.4 Å². The molecule has 0 radical (unpaired) electrons. The smallest absolute Gasteiger partial charge is 0.210 e. The highest BCUT2D eigenvalue weighted by atomic mass is 16.5. The van der Waals surface area contributed by atoms with Gasteiger partial charge in [-0.1, -0.05) is 19.3 Å². The molecule has 1 saturated carbocycles. The molecule has 0 saturated heterocycles.